The van der Waals surface area contributed by atoms with Gasteiger partial charge in [0.05, 0.1) is 28.5 Å². The van der Waals surface area contributed by atoms with Crippen LogP contribution in [0.4, 0.5) is 0 Å². The van der Waals surface area contributed by atoms with Crippen LogP contribution in [0, 0.1) is 6.92 Å². The van der Waals surface area contributed by atoms with Gasteiger partial charge < -0.3 is 18.9 Å². The van der Waals surface area contributed by atoms with Gasteiger partial charge in [0, 0.05) is 12.7 Å². The van der Waals surface area contributed by atoms with Gasteiger partial charge in [0.2, 0.25) is 0 Å². The van der Waals surface area contributed by atoms with Gasteiger partial charge in [-0.2, -0.15) is 0 Å². The van der Waals surface area contributed by atoms with Crippen LogP contribution in [0.1, 0.15) is 49.1 Å². The van der Waals surface area contributed by atoms with Crippen LogP contribution in [0.15, 0.2) is 93.9 Å². The molecule has 0 bridgehead atoms. The highest BCUT2D eigenvalue weighted by Gasteiger charge is 2.35. The van der Waals surface area contributed by atoms with Crippen molar-refractivity contribution in [2.75, 3.05) is 20.3 Å². The van der Waals surface area contributed by atoms with E-state index in [4.69, 9.17) is 18.9 Å². The Morgan fingerprint density at radius 2 is 1.80 bits per heavy atom. The summed E-state index contributed by atoms with van der Waals surface area (Å²) in [6.07, 6.45) is 1.72. The number of hydrogen-bond acceptors (Lipinski definition) is 8. The summed E-state index contributed by atoms with van der Waals surface area (Å²) in [6.45, 7) is 8.49. The van der Waals surface area contributed by atoms with Crippen molar-refractivity contribution in [1.29, 1.82) is 0 Å². The SMILES string of the molecule is COCCOC(=O)C1=C(C)N=c2s/c(=C/c3ccc(OCc4cccc(C)c4)cc3)c(=O)n2[C@H]1c1ccccc1OC(C)C. The number of thiazole rings is 1. The van der Waals surface area contributed by atoms with Gasteiger partial charge in [0.25, 0.3) is 5.56 Å². The highest BCUT2D eigenvalue weighted by Crippen LogP contribution is 2.36. The predicted octanol–water partition coefficient (Wildman–Crippen LogP) is 5.10. The lowest BCUT2D eigenvalue weighted by Gasteiger charge is -2.27. The highest BCUT2D eigenvalue weighted by molar-refractivity contribution is 7.07. The molecule has 0 spiro atoms. The number of aromatic nitrogens is 1. The molecule has 5 rings (SSSR count). The van der Waals surface area contributed by atoms with Gasteiger partial charge in [-0.25, -0.2) is 9.79 Å². The molecule has 0 fully saturated rings. The lowest BCUT2D eigenvalue weighted by atomic mass is 9.95. The predicted molar refractivity (Wildman–Crippen MR) is 171 cm³/mol. The molecule has 0 saturated carbocycles. The van der Waals surface area contributed by atoms with E-state index in [1.807, 2.05) is 80.6 Å². The molecule has 228 valence electrons. The molecule has 3 aromatic carbocycles. The Bertz CT molecular complexity index is 1850. The summed E-state index contributed by atoms with van der Waals surface area (Å²) >= 11 is 1.28. The number of hydrogen-bond donors (Lipinski definition) is 0. The maximum Gasteiger partial charge on any atom is 0.338 e. The van der Waals surface area contributed by atoms with Gasteiger partial charge in [-0.15, -0.1) is 0 Å². The number of esters is 1. The van der Waals surface area contributed by atoms with Gasteiger partial charge in [0.1, 0.15) is 30.8 Å². The van der Waals surface area contributed by atoms with Crippen LogP contribution in [0.25, 0.3) is 6.08 Å². The number of benzene rings is 3. The van der Waals surface area contributed by atoms with Gasteiger partial charge >= 0.3 is 5.97 Å². The third-order valence-electron chi connectivity index (χ3n) is 7.00. The zero-order chi connectivity index (χ0) is 31.2. The van der Waals surface area contributed by atoms with Crippen molar-refractivity contribution in [3.63, 3.8) is 0 Å². The van der Waals surface area contributed by atoms with Crippen LogP contribution in [-0.2, 0) is 20.9 Å². The fraction of sp³-hybridized carbons (Fsp3) is 0.286. The van der Waals surface area contributed by atoms with Gasteiger partial charge in [0.15, 0.2) is 4.80 Å². The quantitative estimate of drug-likeness (QED) is 0.173. The van der Waals surface area contributed by atoms with Crippen molar-refractivity contribution < 1.29 is 23.7 Å². The molecule has 0 N–H and O–H groups in total. The van der Waals surface area contributed by atoms with Crippen molar-refractivity contribution >= 4 is 23.4 Å². The highest BCUT2D eigenvalue weighted by atomic mass is 32.1. The molecule has 9 heteroatoms. The lowest BCUT2D eigenvalue weighted by molar-refractivity contribution is -0.140. The van der Waals surface area contributed by atoms with Crippen LogP contribution in [0.5, 0.6) is 11.5 Å². The average Bonchev–Trinajstić information content (AvgIpc) is 3.30. The number of allylic oxidation sites excluding steroid dienone is 1. The molecule has 1 aliphatic rings. The normalized spacial score (nSPS) is 14.8. The van der Waals surface area contributed by atoms with E-state index < -0.39 is 12.0 Å². The van der Waals surface area contributed by atoms with Crippen LogP contribution in [0.2, 0.25) is 0 Å². The summed E-state index contributed by atoms with van der Waals surface area (Å²) in [5.41, 5.74) is 4.32. The van der Waals surface area contributed by atoms with E-state index in [0.717, 1.165) is 16.9 Å². The molecule has 1 aliphatic heterocycles. The fourth-order valence-corrected chi connectivity index (χ4v) is 6.07. The number of aryl methyl sites for hydroxylation is 1. The van der Waals surface area contributed by atoms with Crippen molar-refractivity contribution in [2.24, 2.45) is 4.99 Å². The van der Waals surface area contributed by atoms with Crippen LogP contribution >= 0.6 is 11.3 Å². The molecule has 8 nitrogen and oxygen atoms in total. The molecule has 2 heterocycles. The Morgan fingerprint density at radius 1 is 1.02 bits per heavy atom. The summed E-state index contributed by atoms with van der Waals surface area (Å²) < 4.78 is 24.7. The summed E-state index contributed by atoms with van der Waals surface area (Å²) in [5.74, 6) is 0.766. The number of carbonyl (C=O) groups excluding carboxylic acids is 1. The molecule has 0 unspecified atom stereocenters. The number of carbonyl (C=O) groups is 1. The largest absolute Gasteiger partial charge is 0.491 e. The van der Waals surface area contributed by atoms with Gasteiger partial charge in [-0.3, -0.25) is 9.36 Å². The van der Waals surface area contributed by atoms with Crippen LogP contribution in [-0.4, -0.2) is 37.0 Å². The number of rotatable bonds is 11. The third-order valence-corrected chi connectivity index (χ3v) is 7.99. The zero-order valence-electron chi connectivity index (χ0n) is 25.5. The molecular formula is C35H36N2O6S. The van der Waals surface area contributed by atoms with E-state index >= 15 is 0 Å². The van der Waals surface area contributed by atoms with Crippen LogP contribution in [0.3, 0.4) is 0 Å². The van der Waals surface area contributed by atoms with Crippen molar-refractivity contribution in [3.05, 3.63) is 126 Å². The molecule has 44 heavy (non-hydrogen) atoms. The van der Waals surface area contributed by atoms with E-state index in [0.29, 0.717) is 33.0 Å². The second kappa shape index (κ2) is 13.9. The van der Waals surface area contributed by atoms with Crippen LogP contribution < -0.4 is 24.4 Å². The van der Waals surface area contributed by atoms with Gasteiger partial charge in [-0.05, 0) is 63.1 Å². The molecule has 1 aromatic heterocycles. The number of nitrogens with zero attached hydrogens (tertiary/aromatic N) is 2. The summed E-state index contributed by atoms with van der Waals surface area (Å²) in [4.78, 5) is 32.7. The minimum atomic E-state index is -0.782. The minimum Gasteiger partial charge on any atom is -0.491 e. The molecule has 1 atom stereocenters. The number of ether oxygens (including phenoxy) is 4. The second-order valence-corrected chi connectivity index (χ2v) is 11.8. The summed E-state index contributed by atoms with van der Waals surface area (Å²) in [5, 5.41) is 0. The smallest absolute Gasteiger partial charge is 0.338 e. The first-order valence-corrected chi connectivity index (χ1v) is 15.3. The van der Waals surface area contributed by atoms with E-state index in [1.54, 1.807) is 11.5 Å². The first kappa shape index (κ1) is 31.0. The van der Waals surface area contributed by atoms with E-state index in [9.17, 15) is 9.59 Å². The number of fused-ring (bicyclic) bond motifs is 1. The van der Waals surface area contributed by atoms with Crippen molar-refractivity contribution in [2.45, 2.75) is 46.4 Å². The van der Waals surface area contributed by atoms with Crippen molar-refractivity contribution in [1.82, 2.24) is 4.57 Å². The first-order chi connectivity index (χ1) is 21.2. The summed E-state index contributed by atoms with van der Waals surface area (Å²) in [7, 11) is 1.54. The van der Waals surface area contributed by atoms with Gasteiger partial charge in [-0.1, -0.05) is 71.5 Å². The van der Waals surface area contributed by atoms with E-state index in [2.05, 4.69) is 24.0 Å². The molecule has 4 aromatic rings. The second-order valence-electron chi connectivity index (χ2n) is 10.8. The Balaban J connectivity index is 1.52. The fourth-order valence-electron chi connectivity index (χ4n) is 5.02. The Kier molecular flexibility index (Phi) is 9.77. The monoisotopic (exact) mass is 612 g/mol. The zero-order valence-corrected chi connectivity index (χ0v) is 26.4. The minimum absolute atomic E-state index is 0.0814. The molecule has 0 radical (unpaired) electrons. The maximum atomic E-state index is 14.0. The average molecular weight is 613 g/mol. The Morgan fingerprint density at radius 3 is 2.52 bits per heavy atom. The maximum absolute atomic E-state index is 14.0. The number of methoxy groups -OCH3 is 1. The molecular weight excluding hydrogens is 576 g/mol. The lowest BCUT2D eigenvalue weighted by Crippen LogP contribution is -2.40. The summed E-state index contributed by atoms with van der Waals surface area (Å²) in [6, 6.07) is 22.5. The topological polar surface area (TPSA) is 88.4 Å². The van der Waals surface area contributed by atoms with E-state index in [1.165, 1.54) is 24.0 Å². The van der Waals surface area contributed by atoms with Crippen molar-refractivity contribution in [3.8, 4) is 11.5 Å². The first-order valence-electron chi connectivity index (χ1n) is 14.5. The molecule has 0 aliphatic carbocycles. The Labute approximate surface area is 260 Å². The van der Waals surface area contributed by atoms with E-state index in [-0.39, 0.29) is 30.5 Å². The molecule has 0 saturated heterocycles. The Hall–Kier alpha value is -4.47. The molecule has 0 amide bonds. The third kappa shape index (κ3) is 7.01. The standard InChI is InChI=1S/C35H36N2O6S/c1-22(2)43-29-12-7-6-11-28(29)32-31(34(39)41-18-17-40-5)24(4)36-35-37(32)33(38)30(44-35)20-25-13-15-27(16-14-25)42-21-26-10-8-9-23(3)19-26/h6-16,19-20,22,32H,17-18,21H2,1-5H3/b30-20+/t32-/m0/s1. The number of para-hydroxylation sites is 1.